The summed E-state index contributed by atoms with van der Waals surface area (Å²) >= 11 is 0. The summed E-state index contributed by atoms with van der Waals surface area (Å²) in [4.78, 5) is 10.9. The molecule has 3 aromatic carbocycles. The molecule has 5 aromatic rings. The Morgan fingerprint density at radius 3 is 2.50 bits per heavy atom. The van der Waals surface area contributed by atoms with Crippen LogP contribution in [0.1, 0.15) is 35.6 Å². The second-order valence-electron chi connectivity index (χ2n) is 8.21. The van der Waals surface area contributed by atoms with Crippen molar-refractivity contribution < 1.29 is 9.90 Å². The monoisotopic (exact) mass is 448 g/mol. The van der Waals surface area contributed by atoms with E-state index >= 15 is 0 Å². The molecule has 0 atom stereocenters. The molecule has 2 N–H and O–H groups in total. The molecule has 2 heterocycles. The number of aliphatic carboxylic acids is 1. The van der Waals surface area contributed by atoms with Crippen LogP contribution in [0.3, 0.4) is 0 Å². The van der Waals surface area contributed by atoms with Crippen molar-refractivity contribution in [2.75, 3.05) is 0 Å². The third-order valence-corrected chi connectivity index (χ3v) is 6.10. The molecule has 168 valence electrons. The van der Waals surface area contributed by atoms with Crippen LogP contribution in [-0.4, -0.2) is 31.1 Å². The van der Waals surface area contributed by atoms with Crippen molar-refractivity contribution in [3.05, 3.63) is 101 Å². The first kappa shape index (κ1) is 21.4. The fourth-order valence-corrected chi connectivity index (χ4v) is 4.40. The standard InChI is InChI=1S/C28H24N4O2/c1-3-24(20-9-10-22-17-30-32(2)26(22)15-20)28(21-11-12-25-23(14-21)16-29-31-25)19-7-4-18(5-8-19)6-13-27(33)34/h4-17H,3H2,1-2H3,(H,29,31)(H,33,34)/b13-6+,28-24+. The molecule has 0 saturated carbocycles. The van der Waals surface area contributed by atoms with Crippen molar-refractivity contribution in [2.45, 2.75) is 13.3 Å². The molecule has 2 aromatic heterocycles. The van der Waals surface area contributed by atoms with Gasteiger partial charge in [-0.1, -0.05) is 49.4 Å². The number of aromatic amines is 1. The number of rotatable bonds is 6. The van der Waals surface area contributed by atoms with Crippen molar-refractivity contribution in [1.29, 1.82) is 0 Å². The normalized spacial score (nSPS) is 12.5. The molecular formula is C28H24N4O2. The van der Waals surface area contributed by atoms with Crippen LogP contribution < -0.4 is 0 Å². The number of carboxylic acid groups (broad SMARTS) is 1. The summed E-state index contributed by atoms with van der Waals surface area (Å²) in [6, 6.07) is 20.8. The lowest BCUT2D eigenvalue weighted by Crippen LogP contribution is -1.96. The Morgan fingerprint density at radius 1 is 0.971 bits per heavy atom. The number of benzene rings is 3. The molecule has 0 saturated heterocycles. The number of nitrogens with one attached hydrogen (secondary N) is 1. The predicted octanol–water partition coefficient (Wildman–Crippen LogP) is 5.92. The summed E-state index contributed by atoms with van der Waals surface area (Å²) in [5.74, 6) is -0.961. The highest BCUT2D eigenvalue weighted by Gasteiger charge is 2.15. The van der Waals surface area contributed by atoms with Crippen molar-refractivity contribution in [2.24, 2.45) is 7.05 Å². The van der Waals surface area contributed by atoms with Gasteiger partial charge in [-0.15, -0.1) is 0 Å². The Balaban J connectivity index is 1.72. The van der Waals surface area contributed by atoms with Gasteiger partial charge in [0.25, 0.3) is 0 Å². The predicted molar refractivity (Wildman–Crippen MR) is 136 cm³/mol. The minimum Gasteiger partial charge on any atom is -0.478 e. The van der Waals surface area contributed by atoms with E-state index in [0.29, 0.717) is 0 Å². The van der Waals surface area contributed by atoms with Crippen LogP contribution in [0.4, 0.5) is 0 Å². The number of carboxylic acids is 1. The molecule has 0 amide bonds. The van der Waals surface area contributed by atoms with E-state index < -0.39 is 5.97 Å². The zero-order valence-corrected chi connectivity index (χ0v) is 19.0. The molecule has 0 radical (unpaired) electrons. The van der Waals surface area contributed by atoms with E-state index in [1.165, 1.54) is 5.57 Å². The van der Waals surface area contributed by atoms with Gasteiger partial charge < -0.3 is 5.11 Å². The molecular weight excluding hydrogens is 424 g/mol. The van der Waals surface area contributed by atoms with E-state index in [4.69, 9.17) is 5.11 Å². The van der Waals surface area contributed by atoms with Crippen molar-refractivity contribution >= 4 is 45.0 Å². The lowest BCUT2D eigenvalue weighted by molar-refractivity contribution is -0.131. The first-order valence-electron chi connectivity index (χ1n) is 11.1. The number of nitrogens with zero attached hydrogens (tertiary/aromatic N) is 3. The average molecular weight is 449 g/mol. The number of allylic oxidation sites excluding steroid dienone is 1. The van der Waals surface area contributed by atoms with Crippen molar-refractivity contribution in [1.82, 2.24) is 20.0 Å². The molecule has 0 fully saturated rings. The van der Waals surface area contributed by atoms with E-state index in [-0.39, 0.29) is 0 Å². The minimum atomic E-state index is -0.961. The Bertz CT molecular complexity index is 1570. The van der Waals surface area contributed by atoms with E-state index in [1.54, 1.807) is 6.08 Å². The summed E-state index contributed by atoms with van der Waals surface area (Å²) in [6.07, 6.45) is 7.31. The lowest BCUT2D eigenvalue weighted by Gasteiger charge is -2.17. The van der Waals surface area contributed by atoms with E-state index in [9.17, 15) is 4.79 Å². The van der Waals surface area contributed by atoms with Crippen LogP contribution in [-0.2, 0) is 11.8 Å². The van der Waals surface area contributed by atoms with Gasteiger partial charge in [0.05, 0.1) is 23.4 Å². The van der Waals surface area contributed by atoms with Crippen LogP contribution in [0.15, 0.2) is 79.1 Å². The second-order valence-corrected chi connectivity index (χ2v) is 8.21. The fraction of sp³-hybridized carbons (Fsp3) is 0.107. The van der Waals surface area contributed by atoms with Gasteiger partial charge in [0, 0.05) is 23.9 Å². The fourth-order valence-electron chi connectivity index (χ4n) is 4.40. The number of aryl methyl sites for hydroxylation is 1. The summed E-state index contributed by atoms with van der Waals surface area (Å²) < 4.78 is 1.90. The number of aromatic nitrogens is 4. The van der Waals surface area contributed by atoms with Crippen molar-refractivity contribution in [3.8, 4) is 0 Å². The highest BCUT2D eigenvalue weighted by molar-refractivity contribution is 6.01. The molecule has 0 aliphatic rings. The highest BCUT2D eigenvalue weighted by atomic mass is 16.4. The summed E-state index contributed by atoms with van der Waals surface area (Å²) in [5.41, 5.74) is 8.59. The van der Waals surface area contributed by atoms with Crippen LogP contribution in [0, 0.1) is 0 Å². The number of hydrogen-bond acceptors (Lipinski definition) is 3. The average Bonchev–Trinajstić information content (AvgIpc) is 3.47. The molecule has 0 unspecified atom stereocenters. The van der Waals surface area contributed by atoms with Gasteiger partial charge in [-0.2, -0.15) is 10.2 Å². The number of fused-ring (bicyclic) bond motifs is 2. The topological polar surface area (TPSA) is 83.8 Å². The molecule has 6 heteroatoms. The molecule has 0 aliphatic heterocycles. The third kappa shape index (κ3) is 4.01. The maximum atomic E-state index is 10.9. The molecule has 0 spiro atoms. The van der Waals surface area contributed by atoms with Gasteiger partial charge >= 0.3 is 5.97 Å². The Hall–Kier alpha value is -4.45. The largest absolute Gasteiger partial charge is 0.478 e. The first-order chi connectivity index (χ1) is 16.5. The van der Waals surface area contributed by atoms with Crippen LogP contribution in [0.25, 0.3) is 39.0 Å². The maximum absolute atomic E-state index is 10.9. The van der Waals surface area contributed by atoms with Crippen LogP contribution in [0.5, 0.6) is 0 Å². The van der Waals surface area contributed by atoms with Gasteiger partial charge in [0.15, 0.2) is 0 Å². The number of H-pyrrole nitrogens is 1. The van der Waals surface area contributed by atoms with Gasteiger partial charge in [-0.3, -0.25) is 9.78 Å². The minimum absolute atomic E-state index is 0.836. The first-order valence-corrected chi connectivity index (χ1v) is 11.1. The van der Waals surface area contributed by atoms with Crippen molar-refractivity contribution in [3.63, 3.8) is 0 Å². The molecule has 5 rings (SSSR count). The zero-order chi connectivity index (χ0) is 23.7. The van der Waals surface area contributed by atoms with Gasteiger partial charge in [-0.05, 0) is 64.1 Å². The smallest absolute Gasteiger partial charge is 0.328 e. The second kappa shape index (κ2) is 8.83. The summed E-state index contributed by atoms with van der Waals surface area (Å²) in [5, 5.41) is 22.7. The SMILES string of the molecule is CC/C(=C(/c1ccc(/C=C/C(=O)O)cc1)c1ccc2[nH]ncc2c1)c1ccc2cnn(C)c2c1. The maximum Gasteiger partial charge on any atom is 0.328 e. The molecule has 0 bridgehead atoms. The van der Waals surface area contributed by atoms with E-state index in [2.05, 4.69) is 70.8 Å². The molecule has 6 nitrogen and oxygen atoms in total. The Kier molecular flexibility index (Phi) is 5.55. The van der Waals surface area contributed by atoms with E-state index in [1.807, 2.05) is 36.3 Å². The summed E-state index contributed by atoms with van der Waals surface area (Å²) in [7, 11) is 1.96. The Morgan fingerprint density at radius 2 is 1.74 bits per heavy atom. The third-order valence-electron chi connectivity index (χ3n) is 6.10. The number of hydrogen-bond donors (Lipinski definition) is 2. The summed E-state index contributed by atoms with van der Waals surface area (Å²) in [6.45, 7) is 2.17. The lowest BCUT2D eigenvalue weighted by atomic mass is 9.87. The van der Waals surface area contributed by atoms with Gasteiger partial charge in [0.2, 0.25) is 0 Å². The molecule has 34 heavy (non-hydrogen) atoms. The zero-order valence-electron chi connectivity index (χ0n) is 19.0. The number of carbonyl (C=O) groups is 1. The Labute approximate surface area is 196 Å². The highest BCUT2D eigenvalue weighted by Crippen LogP contribution is 2.36. The quantitative estimate of drug-likeness (QED) is 0.250. The van der Waals surface area contributed by atoms with Crippen LogP contribution >= 0.6 is 0 Å². The van der Waals surface area contributed by atoms with Gasteiger partial charge in [-0.25, -0.2) is 4.79 Å². The van der Waals surface area contributed by atoms with Gasteiger partial charge in [0.1, 0.15) is 0 Å². The molecule has 0 aliphatic carbocycles. The van der Waals surface area contributed by atoms with E-state index in [0.717, 1.165) is 62.1 Å². The van der Waals surface area contributed by atoms with Crippen LogP contribution in [0.2, 0.25) is 0 Å².